The normalized spacial score (nSPS) is 19.5. The lowest BCUT2D eigenvalue weighted by molar-refractivity contribution is -0.0152. The fraction of sp³-hybridized carbons (Fsp3) is 0.565. The highest BCUT2D eigenvalue weighted by Gasteiger charge is 2.43. The maximum Gasteiger partial charge on any atom is 0.240 e. The maximum absolute atomic E-state index is 11.9. The Balaban J connectivity index is 0.00000241. The number of methoxy groups -OCH3 is 1. The Labute approximate surface area is 230 Å². The molecule has 2 unspecified atom stereocenters. The average Bonchev–Trinajstić information content (AvgIpc) is 3.29. The van der Waals surface area contributed by atoms with E-state index >= 15 is 0 Å². The van der Waals surface area contributed by atoms with E-state index in [0.29, 0.717) is 30.7 Å². The van der Waals surface area contributed by atoms with Crippen molar-refractivity contribution in [3.8, 4) is 11.6 Å². The fourth-order valence-corrected chi connectivity index (χ4v) is 5.20. The van der Waals surface area contributed by atoms with Gasteiger partial charge in [0.2, 0.25) is 21.9 Å². The second-order valence-electron chi connectivity index (χ2n) is 8.84. The molecular formula is C23H35Cl2N5O6S. The number of nitrogens with one attached hydrogen (secondary N) is 2. The zero-order chi connectivity index (χ0) is 24.9. The summed E-state index contributed by atoms with van der Waals surface area (Å²) in [6.45, 7) is 2.59. The SMILES string of the molecule is CNS(=O)(=O)c1cccc(OCC(O)CNC2COC3(CCN(c4nccc(OC)n4)CC3)C2)c1.Cl.Cl. The Morgan fingerprint density at radius 2 is 2.03 bits per heavy atom. The highest BCUT2D eigenvalue weighted by molar-refractivity contribution is 7.89. The summed E-state index contributed by atoms with van der Waals surface area (Å²) in [6, 6.07) is 8.06. The van der Waals surface area contributed by atoms with Crippen LogP contribution >= 0.6 is 24.8 Å². The molecule has 2 aromatic rings. The Kier molecular flexibility index (Phi) is 11.6. The second-order valence-corrected chi connectivity index (χ2v) is 10.7. The Bertz CT molecular complexity index is 1100. The van der Waals surface area contributed by atoms with Gasteiger partial charge in [-0.2, -0.15) is 4.98 Å². The van der Waals surface area contributed by atoms with Crippen molar-refractivity contribution in [3.63, 3.8) is 0 Å². The molecule has 0 saturated carbocycles. The van der Waals surface area contributed by atoms with Crippen LogP contribution in [-0.2, 0) is 14.8 Å². The molecule has 1 spiro atoms. The predicted octanol–water partition coefficient (Wildman–Crippen LogP) is 1.39. The quantitative estimate of drug-likeness (QED) is 0.379. The van der Waals surface area contributed by atoms with Crippen LogP contribution in [0.15, 0.2) is 41.4 Å². The van der Waals surface area contributed by atoms with Crippen molar-refractivity contribution in [1.29, 1.82) is 0 Å². The minimum atomic E-state index is -3.55. The molecule has 4 rings (SSSR count). The molecular weight excluding hydrogens is 545 g/mol. The van der Waals surface area contributed by atoms with E-state index in [-0.39, 0.29) is 48.0 Å². The number of aromatic nitrogens is 2. The standard InChI is InChI=1S/C23H33N5O6S.2ClH/c1-24-35(30,31)20-5-3-4-19(12-20)33-16-18(29)14-26-17-13-23(34-15-17)7-10-28(11-8-23)22-25-9-6-21(27-22)32-2;;/h3-6,9,12,17-18,24,26,29H,7-8,10-11,13-16H2,1-2H3;2*1H. The molecule has 1 aromatic carbocycles. The summed E-state index contributed by atoms with van der Waals surface area (Å²) in [6.07, 6.45) is 3.58. The van der Waals surface area contributed by atoms with Gasteiger partial charge in [0.15, 0.2) is 0 Å². The van der Waals surface area contributed by atoms with Crippen LogP contribution in [0.5, 0.6) is 11.6 Å². The van der Waals surface area contributed by atoms with E-state index in [1.165, 1.54) is 19.2 Å². The monoisotopic (exact) mass is 579 g/mol. The zero-order valence-electron chi connectivity index (χ0n) is 20.8. The van der Waals surface area contributed by atoms with Gasteiger partial charge in [-0.1, -0.05) is 6.07 Å². The molecule has 0 aliphatic carbocycles. The van der Waals surface area contributed by atoms with E-state index in [0.717, 1.165) is 32.4 Å². The molecule has 208 valence electrons. The largest absolute Gasteiger partial charge is 0.491 e. The van der Waals surface area contributed by atoms with Crippen LogP contribution in [0.4, 0.5) is 5.95 Å². The third kappa shape index (κ3) is 8.03. The van der Waals surface area contributed by atoms with Gasteiger partial charge in [-0.05, 0) is 38.4 Å². The van der Waals surface area contributed by atoms with E-state index in [4.69, 9.17) is 14.2 Å². The molecule has 2 saturated heterocycles. The van der Waals surface area contributed by atoms with Gasteiger partial charge in [0.05, 0.1) is 24.2 Å². The van der Waals surface area contributed by atoms with Gasteiger partial charge in [0, 0.05) is 44.0 Å². The molecule has 11 nitrogen and oxygen atoms in total. The first-order valence-corrected chi connectivity index (χ1v) is 13.1. The molecule has 2 aliphatic rings. The number of halogens is 2. The molecule has 14 heteroatoms. The minimum Gasteiger partial charge on any atom is -0.491 e. The summed E-state index contributed by atoms with van der Waals surface area (Å²) in [5.41, 5.74) is -0.173. The van der Waals surface area contributed by atoms with Crippen molar-refractivity contribution in [1.82, 2.24) is 20.0 Å². The highest BCUT2D eigenvalue weighted by atomic mass is 35.5. The number of sulfonamides is 1. The van der Waals surface area contributed by atoms with Crippen LogP contribution in [0.25, 0.3) is 0 Å². The van der Waals surface area contributed by atoms with Gasteiger partial charge in [-0.15, -0.1) is 24.8 Å². The molecule has 0 bridgehead atoms. The van der Waals surface area contributed by atoms with Gasteiger partial charge in [0.25, 0.3) is 0 Å². The lowest BCUT2D eigenvalue weighted by Gasteiger charge is -2.38. The van der Waals surface area contributed by atoms with Crippen molar-refractivity contribution in [2.24, 2.45) is 0 Å². The smallest absolute Gasteiger partial charge is 0.240 e. The third-order valence-electron chi connectivity index (χ3n) is 6.46. The summed E-state index contributed by atoms with van der Waals surface area (Å²) < 4.78 is 43.2. The molecule has 2 fully saturated rings. The van der Waals surface area contributed by atoms with Crippen LogP contribution in [0.2, 0.25) is 0 Å². The second kappa shape index (κ2) is 13.7. The fourth-order valence-electron chi connectivity index (χ4n) is 4.44. The topological polar surface area (TPSA) is 135 Å². The molecule has 0 radical (unpaired) electrons. The molecule has 37 heavy (non-hydrogen) atoms. The van der Waals surface area contributed by atoms with Crippen LogP contribution in [-0.4, -0.2) is 88.2 Å². The summed E-state index contributed by atoms with van der Waals surface area (Å²) in [4.78, 5) is 11.0. The third-order valence-corrected chi connectivity index (χ3v) is 7.87. The maximum atomic E-state index is 11.9. The number of nitrogens with zero attached hydrogens (tertiary/aromatic N) is 3. The number of aliphatic hydroxyl groups excluding tert-OH is 1. The molecule has 2 atom stereocenters. The molecule has 0 amide bonds. The van der Waals surface area contributed by atoms with E-state index in [1.54, 1.807) is 31.5 Å². The van der Waals surface area contributed by atoms with Crippen LogP contribution in [0.1, 0.15) is 19.3 Å². The number of piperidine rings is 1. The lowest BCUT2D eigenvalue weighted by Crippen LogP contribution is -2.45. The average molecular weight is 581 g/mol. The van der Waals surface area contributed by atoms with Gasteiger partial charge in [-0.3, -0.25) is 0 Å². The van der Waals surface area contributed by atoms with Crippen LogP contribution in [0, 0.1) is 0 Å². The molecule has 3 N–H and O–H groups in total. The summed E-state index contributed by atoms with van der Waals surface area (Å²) >= 11 is 0. The van der Waals surface area contributed by atoms with E-state index < -0.39 is 16.1 Å². The van der Waals surface area contributed by atoms with Crippen molar-refractivity contribution >= 4 is 40.8 Å². The number of anilines is 1. The molecule has 1 aromatic heterocycles. The van der Waals surface area contributed by atoms with E-state index in [1.807, 2.05) is 0 Å². The summed E-state index contributed by atoms with van der Waals surface area (Å²) in [7, 11) is -0.604. The first-order chi connectivity index (χ1) is 16.8. The van der Waals surface area contributed by atoms with Crippen molar-refractivity contribution < 1.29 is 27.7 Å². The number of aliphatic hydroxyl groups is 1. The van der Waals surface area contributed by atoms with Crippen molar-refractivity contribution in [2.75, 3.05) is 51.9 Å². The van der Waals surface area contributed by atoms with Crippen molar-refractivity contribution in [2.45, 2.75) is 41.9 Å². The number of ether oxygens (including phenoxy) is 3. The number of rotatable bonds is 10. The number of hydrogen-bond acceptors (Lipinski definition) is 10. The Morgan fingerprint density at radius 1 is 1.27 bits per heavy atom. The van der Waals surface area contributed by atoms with Gasteiger partial charge >= 0.3 is 0 Å². The summed E-state index contributed by atoms with van der Waals surface area (Å²) in [5.74, 6) is 1.61. The van der Waals surface area contributed by atoms with E-state index in [9.17, 15) is 13.5 Å². The lowest BCUT2D eigenvalue weighted by atomic mass is 9.87. The van der Waals surface area contributed by atoms with Gasteiger partial charge in [-0.25, -0.2) is 18.1 Å². The first-order valence-electron chi connectivity index (χ1n) is 11.7. The van der Waals surface area contributed by atoms with Crippen LogP contribution < -0.4 is 24.4 Å². The number of hydrogen-bond donors (Lipinski definition) is 3. The minimum absolute atomic E-state index is 0. The predicted molar refractivity (Wildman–Crippen MR) is 144 cm³/mol. The zero-order valence-corrected chi connectivity index (χ0v) is 23.3. The molecule has 3 heterocycles. The Hall–Kier alpha value is -1.93. The summed E-state index contributed by atoms with van der Waals surface area (Å²) in [5, 5.41) is 13.7. The first kappa shape index (κ1) is 31.3. The highest BCUT2D eigenvalue weighted by Crippen LogP contribution is 2.36. The molecule has 2 aliphatic heterocycles. The number of benzene rings is 1. The van der Waals surface area contributed by atoms with Gasteiger partial charge < -0.3 is 29.5 Å². The van der Waals surface area contributed by atoms with Crippen molar-refractivity contribution in [3.05, 3.63) is 36.5 Å². The van der Waals surface area contributed by atoms with Crippen LogP contribution in [0.3, 0.4) is 0 Å². The van der Waals surface area contributed by atoms with E-state index in [2.05, 4.69) is 24.9 Å². The van der Waals surface area contributed by atoms with Gasteiger partial charge in [0.1, 0.15) is 18.5 Å². The Morgan fingerprint density at radius 3 is 2.73 bits per heavy atom.